The van der Waals surface area contributed by atoms with E-state index in [0.717, 1.165) is 38.6 Å². The van der Waals surface area contributed by atoms with Crippen LogP contribution in [0.1, 0.15) is 23.2 Å². The van der Waals surface area contributed by atoms with E-state index in [1.807, 2.05) is 12.1 Å². The number of piperidine rings is 1. The van der Waals surface area contributed by atoms with Crippen LogP contribution in [0.25, 0.3) is 0 Å². The number of carbonyl (C=O) groups is 1. The average molecular weight is 470 g/mol. The number of hydrogen-bond donors (Lipinski definition) is 1. The summed E-state index contributed by atoms with van der Waals surface area (Å²) in [5.41, 5.74) is 0.763. The molecule has 0 aromatic heterocycles. The van der Waals surface area contributed by atoms with Gasteiger partial charge in [-0.15, -0.1) is 0 Å². The first-order valence-electron chi connectivity index (χ1n) is 6.00. The molecule has 1 heterocycles. The Balaban J connectivity index is 2.02. The number of nitrogens with zero attached hydrogens (tertiary/aromatic N) is 1. The van der Waals surface area contributed by atoms with E-state index < -0.39 is 0 Å². The van der Waals surface area contributed by atoms with E-state index in [2.05, 4.69) is 68.5 Å². The SMILES string of the molecule is CN1CCC[C@@H](NC(=O)c2cc(I)cc(I)c2)C1. The molecule has 1 fully saturated rings. The Bertz CT molecular complexity index is 430. The number of likely N-dealkylation sites (tertiary alicyclic amines) is 1. The first-order valence-corrected chi connectivity index (χ1v) is 8.16. The van der Waals surface area contributed by atoms with Gasteiger partial charge in [-0.3, -0.25) is 4.79 Å². The molecule has 1 aliphatic heterocycles. The van der Waals surface area contributed by atoms with Crippen LogP contribution in [0.2, 0.25) is 0 Å². The molecule has 1 aromatic carbocycles. The fourth-order valence-corrected chi connectivity index (χ4v) is 4.18. The van der Waals surface area contributed by atoms with Gasteiger partial charge in [-0.25, -0.2) is 0 Å². The van der Waals surface area contributed by atoms with Crippen LogP contribution in [-0.4, -0.2) is 37.0 Å². The number of likely N-dealkylation sites (N-methyl/N-ethyl adjacent to an activating group) is 1. The Morgan fingerprint density at radius 1 is 1.33 bits per heavy atom. The fraction of sp³-hybridized carbons (Fsp3) is 0.462. The summed E-state index contributed by atoms with van der Waals surface area (Å²) in [5.74, 6) is 0.0479. The van der Waals surface area contributed by atoms with Crippen molar-refractivity contribution in [2.24, 2.45) is 0 Å². The molecular weight excluding hydrogens is 454 g/mol. The van der Waals surface area contributed by atoms with Crippen molar-refractivity contribution in [2.45, 2.75) is 18.9 Å². The second kappa shape index (κ2) is 6.51. The predicted octanol–water partition coefficient (Wildman–Crippen LogP) is 2.72. The summed E-state index contributed by atoms with van der Waals surface area (Å²) < 4.78 is 2.20. The molecule has 0 saturated carbocycles. The monoisotopic (exact) mass is 470 g/mol. The zero-order valence-electron chi connectivity index (χ0n) is 10.2. The number of halogens is 2. The van der Waals surface area contributed by atoms with E-state index in [4.69, 9.17) is 0 Å². The largest absolute Gasteiger partial charge is 0.348 e. The molecule has 2 rings (SSSR count). The molecule has 0 unspecified atom stereocenters. The number of amides is 1. The first kappa shape index (κ1) is 14.5. The lowest BCUT2D eigenvalue weighted by Crippen LogP contribution is -2.46. The normalized spacial score (nSPS) is 20.7. The summed E-state index contributed by atoms with van der Waals surface area (Å²) in [4.78, 5) is 14.5. The highest BCUT2D eigenvalue weighted by Crippen LogP contribution is 2.15. The van der Waals surface area contributed by atoms with Crippen molar-refractivity contribution in [3.8, 4) is 0 Å². The van der Waals surface area contributed by atoms with E-state index in [1.54, 1.807) is 0 Å². The summed E-state index contributed by atoms with van der Waals surface area (Å²) in [6, 6.07) is 6.22. The van der Waals surface area contributed by atoms with Gasteiger partial charge in [0.25, 0.3) is 5.91 Å². The molecule has 1 atom stereocenters. The smallest absolute Gasteiger partial charge is 0.251 e. The molecule has 5 heteroatoms. The Hall–Kier alpha value is 0.110. The van der Waals surface area contributed by atoms with Crippen molar-refractivity contribution >= 4 is 51.1 Å². The standard InChI is InChI=1S/C13H16I2N2O/c1-17-4-2-3-12(8-17)16-13(18)9-5-10(14)7-11(15)6-9/h5-7,12H,2-4,8H2,1H3,(H,16,18)/t12-/m1/s1. The molecule has 18 heavy (non-hydrogen) atoms. The van der Waals surface area contributed by atoms with Crippen LogP contribution in [0.4, 0.5) is 0 Å². The summed E-state index contributed by atoms with van der Waals surface area (Å²) in [7, 11) is 2.10. The van der Waals surface area contributed by atoms with Gasteiger partial charge in [-0.1, -0.05) is 0 Å². The van der Waals surface area contributed by atoms with Crippen LogP contribution >= 0.6 is 45.2 Å². The Labute approximate surface area is 135 Å². The predicted molar refractivity (Wildman–Crippen MR) is 89.9 cm³/mol. The minimum absolute atomic E-state index is 0.0479. The van der Waals surface area contributed by atoms with E-state index in [1.165, 1.54) is 0 Å². The van der Waals surface area contributed by atoms with Crippen molar-refractivity contribution in [3.05, 3.63) is 30.9 Å². The zero-order valence-corrected chi connectivity index (χ0v) is 14.6. The van der Waals surface area contributed by atoms with Crippen LogP contribution in [0.5, 0.6) is 0 Å². The number of nitrogens with one attached hydrogen (secondary N) is 1. The summed E-state index contributed by atoms with van der Waals surface area (Å²) in [5, 5.41) is 3.13. The van der Waals surface area contributed by atoms with Gasteiger partial charge in [0.15, 0.2) is 0 Å². The first-order chi connectivity index (χ1) is 8.54. The molecule has 1 N–H and O–H groups in total. The lowest BCUT2D eigenvalue weighted by Gasteiger charge is -2.30. The Morgan fingerprint density at radius 3 is 2.61 bits per heavy atom. The fourth-order valence-electron chi connectivity index (χ4n) is 2.24. The highest BCUT2D eigenvalue weighted by atomic mass is 127. The molecule has 0 aliphatic carbocycles. The lowest BCUT2D eigenvalue weighted by molar-refractivity contribution is 0.0912. The number of rotatable bonds is 2. The third-order valence-electron chi connectivity index (χ3n) is 3.08. The van der Waals surface area contributed by atoms with Crippen LogP contribution < -0.4 is 5.32 Å². The van der Waals surface area contributed by atoms with Gasteiger partial charge in [-0.2, -0.15) is 0 Å². The second-order valence-corrected chi connectivity index (χ2v) is 7.22. The van der Waals surface area contributed by atoms with E-state index in [9.17, 15) is 4.79 Å². The van der Waals surface area contributed by atoms with Gasteiger partial charge in [-0.05, 0) is 89.8 Å². The summed E-state index contributed by atoms with van der Waals surface area (Å²) in [6.07, 6.45) is 2.24. The number of hydrogen-bond acceptors (Lipinski definition) is 2. The zero-order chi connectivity index (χ0) is 13.1. The Kier molecular flexibility index (Phi) is 5.25. The molecule has 0 bridgehead atoms. The van der Waals surface area contributed by atoms with Crippen LogP contribution in [-0.2, 0) is 0 Å². The second-order valence-electron chi connectivity index (χ2n) is 4.73. The summed E-state index contributed by atoms with van der Waals surface area (Å²) >= 11 is 4.49. The van der Waals surface area contributed by atoms with Crippen LogP contribution in [0.3, 0.4) is 0 Å². The molecule has 1 aliphatic rings. The van der Waals surface area contributed by atoms with E-state index >= 15 is 0 Å². The van der Waals surface area contributed by atoms with Crippen molar-refractivity contribution in [1.29, 1.82) is 0 Å². The third kappa shape index (κ3) is 4.06. The topological polar surface area (TPSA) is 32.3 Å². The van der Waals surface area contributed by atoms with Gasteiger partial charge >= 0.3 is 0 Å². The molecule has 1 aromatic rings. The molecule has 1 saturated heterocycles. The number of benzene rings is 1. The van der Waals surface area contributed by atoms with E-state index in [-0.39, 0.29) is 11.9 Å². The third-order valence-corrected chi connectivity index (χ3v) is 4.33. The highest BCUT2D eigenvalue weighted by molar-refractivity contribution is 14.1. The molecular formula is C13H16I2N2O. The number of carbonyl (C=O) groups excluding carboxylic acids is 1. The molecule has 1 amide bonds. The van der Waals surface area contributed by atoms with Gasteiger partial charge in [0.05, 0.1) is 0 Å². The van der Waals surface area contributed by atoms with Gasteiger partial charge < -0.3 is 10.2 Å². The van der Waals surface area contributed by atoms with Crippen molar-refractivity contribution in [1.82, 2.24) is 10.2 Å². The molecule has 0 spiro atoms. The van der Waals surface area contributed by atoms with Crippen LogP contribution in [0, 0.1) is 7.14 Å². The Morgan fingerprint density at radius 2 is 2.00 bits per heavy atom. The maximum absolute atomic E-state index is 12.2. The van der Waals surface area contributed by atoms with Gasteiger partial charge in [0.2, 0.25) is 0 Å². The highest BCUT2D eigenvalue weighted by Gasteiger charge is 2.19. The van der Waals surface area contributed by atoms with Crippen LogP contribution in [0.15, 0.2) is 18.2 Å². The quantitative estimate of drug-likeness (QED) is 0.675. The van der Waals surface area contributed by atoms with Crippen molar-refractivity contribution < 1.29 is 4.79 Å². The average Bonchev–Trinajstić information content (AvgIpc) is 2.27. The molecule has 98 valence electrons. The lowest BCUT2D eigenvalue weighted by atomic mass is 10.1. The van der Waals surface area contributed by atoms with Gasteiger partial charge in [0.1, 0.15) is 0 Å². The maximum Gasteiger partial charge on any atom is 0.251 e. The molecule has 3 nitrogen and oxygen atoms in total. The minimum atomic E-state index is 0.0479. The van der Waals surface area contributed by atoms with Crippen molar-refractivity contribution in [2.75, 3.05) is 20.1 Å². The van der Waals surface area contributed by atoms with E-state index in [0.29, 0.717) is 0 Å². The molecule has 0 radical (unpaired) electrons. The van der Waals surface area contributed by atoms with Crippen molar-refractivity contribution in [3.63, 3.8) is 0 Å². The van der Waals surface area contributed by atoms with Gasteiger partial charge in [0, 0.05) is 25.3 Å². The summed E-state index contributed by atoms with van der Waals surface area (Å²) in [6.45, 7) is 2.08. The maximum atomic E-state index is 12.2. The minimum Gasteiger partial charge on any atom is -0.348 e.